The van der Waals surface area contributed by atoms with Crippen LogP contribution in [0.2, 0.25) is 0 Å². The van der Waals surface area contributed by atoms with E-state index in [-0.39, 0.29) is 23.1 Å². The van der Waals surface area contributed by atoms with Crippen LogP contribution < -0.4 is 10.6 Å². The van der Waals surface area contributed by atoms with Crippen LogP contribution >= 0.6 is 11.6 Å². The van der Waals surface area contributed by atoms with Gasteiger partial charge in [0.1, 0.15) is 16.5 Å². The maximum atomic E-state index is 13.3. The Balaban J connectivity index is 1.61. The lowest BCUT2D eigenvalue weighted by atomic mass is 9.80. The normalized spacial score (nSPS) is 27.0. The summed E-state index contributed by atoms with van der Waals surface area (Å²) in [6, 6.07) is 0.0947. The summed E-state index contributed by atoms with van der Waals surface area (Å²) in [7, 11) is 0. The van der Waals surface area contributed by atoms with Crippen molar-refractivity contribution in [2.24, 2.45) is 21.8 Å². The third-order valence-corrected chi connectivity index (χ3v) is 5.92. The van der Waals surface area contributed by atoms with Gasteiger partial charge in [0.2, 0.25) is 0 Å². The third-order valence-electron chi connectivity index (χ3n) is 5.84. The fraction of sp³-hybridized carbons (Fsp3) is 0.652. The van der Waals surface area contributed by atoms with Crippen LogP contribution in [0.1, 0.15) is 60.3 Å². The smallest absolute Gasteiger partial charge is 0.407 e. The van der Waals surface area contributed by atoms with Gasteiger partial charge < -0.3 is 15.4 Å². The van der Waals surface area contributed by atoms with Crippen molar-refractivity contribution >= 4 is 35.3 Å². The summed E-state index contributed by atoms with van der Waals surface area (Å²) in [6.07, 6.45) is 5.27. The average molecular weight is 464 g/mol. The highest BCUT2D eigenvalue weighted by atomic mass is 35.5. The standard InChI is InChI=1S/C23H34ClN5O3/c1-7-18-20(26-14(3)24)29(13(2)16-8-9-16)21(30)19(28-18)25-12-15-10-17(11-15)27-22(31)32-23(4,5)6/h7,13,15-17H,3,8-12H2,1-2,4-6H3,(H,25,28)(H,27,31)/b18-7+,26-20+. The van der Waals surface area contributed by atoms with Gasteiger partial charge in [-0.3, -0.25) is 9.69 Å². The van der Waals surface area contributed by atoms with Crippen LogP contribution in [0.5, 0.6) is 0 Å². The first-order chi connectivity index (χ1) is 15.0. The molecule has 0 bridgehead atoms. The number of alkyl carbamates (subject to hydrolysis) is 1. The van der Waals surface area contributed by atoms with Crippen molar-refractivity contribution in [1.29, 1.82) is 0 Å². The number of carbonyl (C=O) groups is 2. The fourth-order valence-electron chi connectivity index (χ4n) is 3.99. The number of rotatable bonds is 6. The molecule has 3 rings (SSSR count). The van der Waals surface area contributed by atoms with Crippen molar-refractivity contribution in [2.45, 2.75) is 78.0 Å². The Kier molecular flexibility index (Phi) is 7.32. The molecule has 3 aliphatic rings. The number of carbonyl (C=O) groups excluding carboxylic acids is 2. The summed E-state index contributed by atoms with van der Waals surface area (Å²) in [5.74, 6) is 1.36. The number of hydrogen-bond donors (Lipinski definition) is 2. The number of halogens is 1. The molecule has 0 aromatic carbocycles. The van der Waals surface area contributed by atoms with Crippen LogP contribution in [0.15, 0.2) is 33.5 Å². The van der Waals surface area contributed by atoms with Crippen molar-refractivity contribution < 1.29 is 14.3 Å². The number of aliphatic imine (C=N–C) groups is 2. The number of amidine groups is 2. The first kappa shape index (κ1) is 24.3. The highest BCUT2D eigenvalue weighted by Gasteiger charge is 2.42. The molecule has 2 amide bonds. The van der Waals surface area contributed by atoms with E-state index >= 15 is 0 Å². The van der Waals surface area contributed by atoms with Gasteiger partial charge >= 0.3 is 6.09 Å². The molecule has 2 saturated carbocycles. The Labute approximate surface area is 195 Å². The molecule has 9 heteroatoms. The molecular formula is C23H34ClN5O3. The SMILES string of the molecule is C=C(Cl)/N=C1\C(=C/C)N=C(NCC2CC(NC(=O)OC(C)(C)C)C2)C(=O)N1C(C)C1CC1. The van der Waals surface area contributed by atoms with Crippen LogP contribution in [0.3, 0.4) is 0 Å². The molecule has 1 unspecified atom stereocenters. The van der Waals surface area contributed by atoms with Gasteiger partial charge in [0.15, 0.2) is 11.7 Å². The third kappa shape index (κ3) is 6.12. The Morgan fingerprint density at radius 1 is 1.41 bits per heavy atom. The maximum absolute atomic E-state index is 13.3. The second kappa shape index (κ2) is 9.65. The highest BCUT2D eigenvalue weighted by molar-refractivity contribution is 6.44. The Morgan fingerprint density at radius 3 is 2.59 bits per heavy atom. The second-order valence-electron chi connectivity index (χ2n) is 9.76. The molecule has 0 radical (unpaired) electrons. The zero-order valence-electron chi connectivity index (χ0n) is 19.6. The minimum Gasteiger partial charge on any atom is -0.444 e. The monoisotopic (exact) mass is 463 g/mol. The summed E-state index contributed by atoms with van der Waals surface area (Å²) < 4.78 is 5.30. The van der Waals surface area contributed by atoms with E-state index in [9.17, 15) is 9.59 Å². The zero-order chi connectivity index (χ0) is 23.6. The Hall–Kier alpha value is -2.35. The minimum absolute atomic E-state index is 0.00521. The van der Waals surface area contributed by atoms with Gasteiger partial charge in [-0.05, 0) is 72.1 Å². The topological polar surface area (TPSA) is 95.4 Å². The first-order valence-electron chi connectivity index (χ1n) is 11.2. The summed E-state index contributed by atoms with van der Waals surface area (Å²) in [6.45, 7) is 13.7. The molecular weight excluding hydrogens is 430 g/mol. The zero-order valence-corrected chi connectivity index (χ0v) is 20.3. The molecule has 8 nitrogen and oxygen atoms in total. The minimum atomic E-state index is -0.514. The maximum Gasteiger partial charge on any atom is 0.407 e. The van der Waals surface area contributed by atoms with Gasteiger partial charge in [-0.1, -0.05) is 24.3 Å². The molecule has 1 atom stereocenters. The number of ether oxygens (including phenoxy) is 1. The largest absolute Gasteiger partial charge is 0.444 e. The first-order valence-corrected chi connectivity index (χ1v) is 11.6. The lowest BCUT2D eigenvalue weighted by molar-refractivity contribution is -0.122. The number of hydrogen-bond acceptors (Lipinski definition) is 6. The van der Waals surface area contributed by atoms with Crippen molar-refractivity contribution in [3.63, 3.8) is 0 Å². The number of nitrogens with zero attached hydrogens (tertiary/aromatic N) is 3. The predicted octanol–water partition coefficient (Wildman–Crippen LogP) is 3.93. The molecule has 2 fully saturated rings. The van der Waals surface area contributed by atoms with Crippen molar-refractivity contribution in [3.8, 4) is 0 Å². The second-order valence-corrected chi connectivity index (χ2v) is 10.2. The molecule has 1 aliphatic heterocycles. The van der Waals surface area contributed by atoms with Gasteiger partial charge in [0.05, 0.1) is 0 Å². The quantitative estimate of drug-likeness (QED) is 0.583. The Morgan fingerprint density at radius 2 is 2.06 bits per heavy atom. The molecule has 2 aliphatic carbocycles. The van der Waals surface area contributed by atoms with E-state index in [1.54, 1.807) is 4.90 Å². The van der Waals surface area contributed by atoms with E-state index in [0.717, 1.165) is 25.7 Å². The number of allylic oxidation sites excluding steroid dienone is 1. The molecule has 1 heterocycles. The van der Waals surface area contributed by atoms with Crippen LogP contribution in [0.25, 0.3) is 0 Å². The van der Waals surface area contributed by atoms with E-state index in [2.05, 4.69) is 27.2 Å². The van der Waals surface area contributed by atoms with Crippen molar-refractivity contribution in [2.75, 3.05) is 6.54 Å². The van der Waals surface area contributed by atoms with Gasteiger partial charge in [-0.15, -0.1) is 0 Å². The summed E-state index contributed by atoms with van der Waals surface area (Å²) in [5, 5.41) is 6.24. The molecule has 32 heavy (non-hydrogen) atoms. The van der Waals surface area contributed by atoms with Crippen LogP contribution in [-0.2, 0) is 9.53 Å². The van der Waals surface area contributed by atoms with Gasteiger partial charge in [-0.25, -0.2) is 14.8 Å². The molecule has 0 aromatic heterocycles. The lowest BCUT2D eigenvalue weighted by Crippen LogP contribution is -2.55. The van der Waals surface area contributed by atoms with Crippen molar-refractivity contribution in [1.82, 2.24) is 15.5 Å². The van der Waals surface area contributed by atoms with Gasteiger partial charge in [0, 0.05) is 18.6 Å². The molecule has 0 spiro atoms. The van der Waals surface area contributed by atoms with Gasteiger partial charge in [0.25, 0.3) is 5.91 Å². The van der Waals surface area contributed by atoms with E-state index in [1.165, 1.54) is 0 Å². The number of amides is 2. The van der Waals surface area contributed by atoms with Gasteiger partial charge in [-0.2, -0.15) is 0 Å². The lowest BCUT2D eigenvalue weighted by Gasteiger charge is -2.38. The molecule has 0 aromatic rings. The van der Waals surface area contributed by atoms with Crippen molar-refractivity contribution in [3.05, 3.63) is 23.5 Å². The predicted molar refractivity (Wildman–Crippen MR) is 127 cm³/mol. The fourth-order valence-corrected chi connectivity index (χ4v) is 4.07. The molecule has 0 saturated heterocycles. The van der Waals surface area contributed by atoms with E-state index in [1.807, 2.05) is 40.7 Å². The summed E-state index contributed by atoms with van der Waals surface area (Å²) >= 11 is 5.95. The average Bonchev–Trinajstić information content (AvgIpc) is 3.47. The van der Waals surface area contributed by atoms with E-state index in [0.29, 0.717) is 35.7 Å². The van der Waals surface area contributed by atoms with Crippen LogP contribution in [0, 0.1) is 11.8 Å². The highest BCUT2D eigenvalue weighted by Crippen LogP contribution is 2.37. The van der Waals surface area contributed by atoms with Crippen LogP contribution in [-0.4, -0.2) is 52.8 Å². The number of nitrogens with one attached hydrogen (secondary N) is 2. The van der Waals surface area contributed by atoms with Crippen LogP contribution in [0.4, 0.5) is 4.79 Å². The molecule has 176 valence electrons. The molecule has 2 N–H and O–H groups in total. The summed E-state index contributed by atoms with van der Waals surface area (Å²) in [5.41, 5.74) is 0.0831. The van der Waals surface area contributed by atoms with E-state index in [4.69, 9.17) is 16.3 Å². The Bertz CT molecular complexity index is 863. The summed E-state index contributed by atoms with van der Waals surface area (Å²) in [4.78, 5) is 35.7. The van der Waals surface area contributed by atoms with E-state index < -0.39 is 11.7 Å².